The third-order valence-corrected chi connectivity index (χ3v) is 8.75. The van der Waals surface area contributed by atoms with Gasteiger partial charge in [0, 0.05) is 50.7 Å². The molecule has 4 aromatic heterocycles. The number of pyridine rings is 1. The molecule has 0 amide bonds. The number of rotatable bonds is 6. The molecule has 2 fully saturated rings. The Labute approximate surface area is 213 Å². The Balaban J connectivity index is 1.27. The largest absolute Gasteiger partial charge is 0.363 e. The van der Waals surface area contributed by atoms with Crippen molar-refractivity contribution in [1.29, 1.82) is 5.26 Å². The van der Waals surface area contributed by atoms with E-state index in [-0.39, 0.29) is 24.1 Å². The fraction of sp³-hybridized carbons (Fsp3) is 0.500. The minimum absolute atomic E-state index is 0.0864. The smallest absolute Gasteiger partial charge is 0.267 e. The first kappa shape index (κ1) is 23.1. The SMILES string of the molecule is CCC1CN(C(C)c2ccc3nc(C4CC4)sc3n2)CCN1c1cc(=O)n(C)n2cc(CC#N)nc12. The standard InChI is InChI=1S/C26H30N8OS/c1-4-19-15-32(16(2)20-7-8-21-26(29-20)36-25(30-21)17-5-6-17)11-12-33(19)22-13-23(35)31(3)34-14-18(9-10-27)28-24(22)34/h7-8,13-14,16-17,19H,4-6,9,11-12,15H2,1-3H3. The Hall–Kier alpha value is -3.29. The maximum atomic E-state index is 12.8. The van der Waals surface area contributed by atoms with Crippen LogP contribution in [0, 0.1) is 11.3 Å². The summed E-state index contributed by atoms with van der Waals surface area (Å²) in [6.07, 6.45) is 5.46. The van der Waals surface area contributed by atoms with Gasteiger partial charge >= 0.3 is 0 Å². The minimum atomic E-state index is -0.0864. The van der Waals surface area contributed by atoms with Gasteiger partial charge in [-0.2, -0.15) is 5.26 Å². The van der Waals surface area contributed by atoms with E-state index >= 15 is 0 Å². The van der Waals surface area contributed by atoms with Crippen molar-refractivity contribution < 1.29 is 0 Å². The lowest BCUT2D eigenvalue weighted by Crippen LogP contribution is -2.54. The summed E-state index contributed by atoms with van der Waals surface area (Å²) < 4.78 is 3.32. The topological polar surface area (TPSA) is 95.4 Å². The zero-order valence-corrected chi connectivity index (χ0v) is 21.7. The van der Waals surface area contributed by atoms with E-state index in [9.17, 15) is 4.79 Å². The average molecular weight is 503 g/mol. The molecule has 0 aromatic carbocycles. The highest BCUT2D eigenvalue weighted by atomic mass is 32.1. The first-order chi connectivity index (χ1) is 17.5. The summed E-state index contributed by atoms with van der Waals surface area (Å²) in [4.78, 5) is 33.1. The van der Waals surface area contributed by atoms with Gasteiger partial charge in [-0.3, -0.25) is 9.69 Å². The Morgan fingerprint density at radius 3 is 2.81 bits per heavy atom. The molecule has 0 bridgehead atoms. The minimum Gasteiger partial charge on any atom is -0.363 e. The van der Waals surface area contributed by atoms with Crippen molar-refractivity contribution >= 4 is 33.0 Å². The molecule has 5 heterocycles. The maximum absolute atomic E-state index is 12.8. The molecule has 9 nitrogen and oxygen atoms in total. The lowest BCUT2D eigenvalue weighted by atomic mass is 10.0. The highest BCUT2D eigenvalue weighted by molar-refractivity contribution is 7.18. The van der Waals surface area contributed by atoms with Gasteiger partial charge in [-0.05, 0) is 38.3 Å². The molecule has 0 spiro atoms. The maximum Gasteiger partial charge on any atom is 0.267 e. The molecule has 4 aromatic rings. The van der Waals surface area contributed by atoms with Crippen LogP contribution in [0.5, 0.6) is 0 Å². The van der Waals surface area contributed by atoms with Crippen LogP contribution in [0.2, 0.25) is 0 Å². The zero-order chi connectivity index (χ0) is 25.0. The molecule has 2 unspecified atom stereocenters. The summed E-state index contributed by atoms with van der Waals surface area (Å²) in [5.41, 5.74) is 4.26. The summed E-state index contributed by atoms with van der Waals surface area (Å²) in [6, 6.07) is 8.53. The molecule has 1 aliphatic heterocycles. The van der Waals surface area contributed by atoms with Crippen molar-refractivity contribution in [2.45, 2.75) is 57.5 Å². The number of thiazole rings is 1. The first-order valence-corrected chi connectivity index (χ1v) is 13.5. The quantitative estimate of drug-likeness (QED) is 0.397. The lowest BCUT2D eigenvalue weighted by Gasteiger charge is -2.44. The fourth-order valence-electron chi connectivity index (χ4n) is 5.25. The third kappa shape index (κ3) is 3.96. The monoisotopic (exact) mass is 502 g/mol. The lowest BCUT2D eigenvalue weighted by molar-refractivity contribution is 0.166. The van der Waals surface area contributed by atoms with Crippen LogP contribution in [0.4, 0.5) is 5.69 Å². The van der Waals surface area contributed by atoms with Gasteiger partial charge in [0.25, 0.3) is 5.56 Å². The number of hydrogen-bond acceptors (Lipinski definition) is 8. The predicted molar refractivity (Wildman–Crippen MR) is 141 cm³/mol. The van der Waals surface area contributed by atoms with Crippen LogP contribution in [0.3, 0.4) is 0 Å². The Kier molecular flexibility index (Phi) is 5.77. The normalized spacial score (nSPS) is 19.7. The molecule has 10 heteroatoms. The van der Waals surface area contributed by atoms with Crippen LogP contribution in [0.15, 0.2) is 29.2 Å². The van der Waals surface area contributed by atoms with E-state index in [1.807, 2.05) is 0 Å². The number of piperazine rings is 1. The van der Waals surface area contributed by atoms with Crippen molar-refractivity contribution in [3.05, 3.63) is 51.1 Å². The van der Waals surface area contributed by atoms with E-state index < -0.39 is 0 Å². The summed E-state index contributed by atoms with van der Waals surface area (Å²) in [5.74, 6) is 0.649. The van der Waals surface area contributed by atoms with Crippen molar-refractivity contribution in [3.63, 3.8) is 0 Å². The fourth-order valence-corrected chi connectivity index (χ4v) is 6.36. The van der Waals surface area contributed by atoms with E-state index in [0.717, 1.165) is 53.4 Å². The first-order valence-electron chi connectivity index (χ1n) is 12.7. The summed E-state index contributed by atoms with van der Waals surface area (Å²) in [6.45, 7) is 6.96. The second kappa shape index (κ2) is 8.98. The molecule has 2 aliphatic rings. The van der Waals surface area contributed by atoms with Gasteiger partial charge in [0.15, 0.2) is 5.65 Å². The molecule has 36 heavy (non-hydrogen) atoms. The average Bonchev–Trinajstić information content (AvgIpc) is 3.52. The van der Waals surface area contributed by atoms with Crippen LogP contribution >= 0.6 is 11.3 Å². The molecule has 0 radical (unpaired) electrons. The second-order valence-electron chi connectivity index (χ2n) is 9.94. The van der Waals surface area contributed by atoms with Gasteiger partial charge in [0.2, 0.25) is 0 Å². The Morgan fingerprint density at radius 1 is 1.22 bits per heavy atom. The van der Waals surface area contributed by atoms with E-state index in [1.165, 1.54) is 17.8 Å². The van der Waals surface area contributed by atoms with E-state index in [0.29, 0.717) is 11.6 Å². The Morgan fingerprint density at radius 2 is 2.06 bits per heavy atom. The van der Waals surface area contributed by atoms with Gasteiger partial charge in [0.1, 0.15) is 10.3 Å². The molecule has 186 valence electrons. The number of fused-ring (bicyclic) bond motifs is 2. The van der Waals surface area contributed by atoms with Crippen LogP contribution in [0.25, 0.3) is 16.0 Å². The second-order valence-corrected chi connectivity index (χ2v) is 10.9. The number of aromatic nitrogens is 5. The van der Waals surface area contributed by atoms with Crippen LogP contribution < -0.4 is 10.5 Å². The molecule has 1 saturated heterocycles. The predicted octanol–water partition coefficient (Wildman–Crippen LogP) is 3.64. The molecular weight excluding hydrogens is 472 g/mol. The van der Waals surface area contributed by atoms with Gasteiger partial charge < -0.3 is 4.90 Å². The van der Waals surface area contributed by atoms with Crippen LogP contribution in [-0.2, 0) is 13.5 Å². The van der Waals surface area contributed by atoms with Crippen molar-refractivity contribution in [2.75, 3.05) is 24.5 Å². The highest BCUT2D eigenvalue weighted by Crippen LogP contribution is 2.43. The Bertz CT molecular complexity index is 1540. The van der Waals surface area contributed by atoms with Crippen molar-refractivity contribution in [2.24, 2.45) is 7.05 Å². The number of nitrogens with zero attached hydrogens (tertiary/aromatic N) is 8. The number of hydrogen-bond donors (Lipinski definition) is 0. The molecule has 1 saturated carbocycles. The van der Waals surface area contributed by atoms with Crippen LogP contribution in [-0.4, -0.2) is 54.7 Å². The molecule has 1 aliphatic carbocycles. The van der Waals surface area contributed by atoms with Crippen LogP contribution in [0.1, 0.15) is 61.5 Å². The van der Waals surface area contributed by atoms with Gasteiger partial charge in [0.05, 0.1) is 40.8 Å². The number of aryl methyl sites for hydroxylation is 1. The highest BCUT2D eigenvalue weighted by Gasteiger charge is 2.32. The number of anilines is 1. The summed E-state index contributed by atoms with van der Waals surface area (Å²) in [7, 11) is 1.73. The van der Waals surface area contributed by atoms with Gasteiger partial charge in [-0.1, -0.05) is 18.3 Å². The van der Waals surface area contributed by atoms with Crippen molar-refractivity contribution in [3.8, 4) is 6.07 Å². The molecule has 2 atom stereocenters. The number of nitriles is 1. The van der Waals surface area contributed by atoms with E-state index in [1.54, 1.807) is 39.8 Å². The van der Waals surface area contributed by atoms with E-state index in [4.69, 9.17) is 20.2 Å². The number of imidazole rings is 1. The third-order valence-electron chi connectivity index (χ3n) is 7.62. The molecular formula is C26H30N8OS. The van der Waals surface area contributed by atoms with Crippen molar-refractivity contribution in [1.82, 2.24) is 29.0 Å². The molecule has 0 N–H and O–H groups in total. The van der Waals surface area contributed by atoms with Gasteiger partial charge in [-0.25, -0.2) is 24.1 Å². The van der Waals surface area contributed by atoms with Gasteiger partial charge in [-0.15, -0.1) is 0 Å². The van der Waals surface area contributed by atoms with E-state index in [2.05, 4.69) is 41.8 Å². The molecule has 6 rings (SSSR count). The summed E-state index contributed by atoms with van der Waals surface area (Å²) in [5, 5.41) is 10.4. The zero-order valence-electron chi connectivity index (χ0n) is 20.9. The summed E-state index contributed by atoms with van der Waals surface area (Å²) >= 11 is 1.75.